The number of halogens is 1. The lowest BCUT2D eigenvalue weighted by Crippen LogP contribution is -2.26. The van der Waals surface area contributed by atoms with Crippen molar-refractivity contribution in [3.63, 3.8) is 0 Å². The van der Waals surface area contributed by atoms with Crippen molar-refractivity contribution in [1.29, 1.82) is 0 Å². The highest BCUT2D eigenvalue weighted by Crippen LogP contribution is 2.17. The van der Waals surface area contributed by atoms with Gasteiger partial charge in [0.05, 0.1) is 12.1 Å². The molecular formula is C9H13FN2O. The Bertz CT molecular complexity index is 280. The Morgan fingerprint density at radius 1 is 1.69 bits per heavy atom. The van der Waals surface area contributed by atoms with Crippen LogP contribution in [0.25, 0.3) is 0 Å². The zero-order valence-electron chi connectivity index (χ0n) is 7.44. The molecule has 1 heterocycles. The van der Waals surface area contributed by atoms with Gasteiger partial charge >= 0.3 is 0 Å². The zero-order valence-corrected chi connectivity index (χ0v) is 7.44. The van der Waals surface area contributed by atoms with Gasteiger partial charge in [0.25, 0.3) is 0 Å². The topological polar surface area (TPSA) is 59.1 Å². The maximum Gasteiger partial charge on any atom is 0.217 e. The number of nitrogens with zero attached hydrogens (tertiary/aromatic N) is 1. The molecule has 0 aliphatic rings. The highest BCUT2D eigenvalue weighted by Gasteiger charge is 2.18. The maximum atomic E-state index is 13.0. The van der Waals surface area contributed by atoms with Crippen LogP contribution in [0.1, 0.15) is 24.9 Å². The van der Waals surface area contributed by atoms with Crippen molar-refractivity contribution in [3.8, 4) is 0 Å². The van der Waals surface area contributed by atoms with Gasteiger partial charge < -0.3 is 10.8 Å². The van der Waals surface area contributed by atoms with Gasteiger partial charge in [0.2, 0.25) is 5.95 Å². The molecule has 0 aliphatic heterocycles. The molecule has 0 amide bonds. The summed E-state index contributed by atoms with van der Waals surface area (Å²) in [7, 11) is 0. The Morgan fingerprint density at radius 3 is 2.92 bits per heavy atom. The SMILES string of the molecule is CC[C@H](O)[C@H](N)c1cccnc1F. The molecule has 0 saturated heterocycles. The molecule has 0 radical (unpaired) electrons. The molecule has 0 bridgehead atoms. The van der Waals surface area contributed by atoms with Crippen molar-refractivity contribution >= 4 is 0 Å². The minimum Gasteiger partial charge on any atom is -0.391 e. The molecule has 0 spiro atoms. The van der Waals surface area contributed by atoms with Crippen LogP contribution >= 0.6 is 0 Å². The van der Waals surface area contributed by atoms with Gasteiger partial charge in [-0.15, -0.1) is 0 Å². The second kappa shape index (κ2) is 4.30. The summed E-state index contributed by atoms with van der Waals surface area (Å²) in [6.07, 6.45) is 1.12. The van der Waals surface area contributed by atoms with Gasteiger partial charge in [-0.1, -0.05) is 13.0 Å². The summed E-state index contributed by atoms with van der Waals surface area (Å²) >= 11 is 0. The predicted molar refractivity (Wildman–Crippen MR) is 47.4 cm³/mol. The van der Waals surface area contributed by atoms with Gasteiger partial charge in [-0.25, -0.2) is 4.98 Å². The van der Waals surface area contributed by atoms with E-state index in [4.69, 9.17) is 5.73 Å². The summed E-state index contributed by atoms with van der Waals surface area (Å²) in [5.74, 6) is -0.609. The first-order valence-electron chi connectivity index (χ1n) is 4.21. The number of rotatable bonds is 3. The number of hydrogen-bond donors (Lipinski definition) is 2. The van der Waals surface area contributed by atoms with E-state index in [1.165, 1.54) is 12.3 Å². The van der Waals surface area contributed by atoms with E-state index in [0.717, 1.165) is 0 Å². The maximum absolute atomic E-state index is 13.0. The number of pyridine rings is 1. The van der Waals surface area contributed by atoms with Crippen molar-refractivity contribution in [2.24, 2.45) is 5.73 Å². The van der Waals surface area contributed by atoms with Crippen LogP contribution in [0.3, 0.4) is 0 Å². The third-order valence-electron chi connectivity index (χ3n) is 1.98. The first-order valence-corrected chi connectivity index (χ1v) is 4.21. The average Bonchev–Trinajstić information content (AvgIpc) is 2.16. The van der Waals surface area contributed by atoms with Gasteiger partial charge in [-0.05, 0) is 12.5 Å². The standard InChI is InChI=1S/C9H13FN2O/c1-2-7(13)8(11)6-4-3-5-12-9(6)10/h3-5,7-8,13H,2,11H2,1H3/t7-,8+/m0/s1. The van der Waals surface area contributed by atoms with Crippen LogP contribution in [0.15, 0.2) is 18.3 Å². The Balaban J connectivity index is 2.88. The summed E-state index contributed by atoms with van der Waals surface area (Å²) in [6.45, 7) is 1.79. The third-order valence-corrected chi connectivity index (χ3v) is 1.98. The zero-order chi connectivity index (χ0) is 9.84. The van der Waals surface area contributed by atoms with Crippen molar-refractivity contribution < 1.29 is 9.50 Å². The molecule has 3 N–H and O–H groups in total. The fourth-order valence-electron chi connectivity index (χ4n) is 1.11. The largest absolute Gasteiger partial charge is 0.391 e. The van der Waals surface area contributed by atoms with E-state index >= 15 is 0 Å². The van der Waals surface area contributed by atoms with Crippen molar-refractivity contribution in [1.82, 2.24) is 4.98 Å². The third kappa shape index (κ3) is 2.23. The number of hydrogen-bond acceptors (Lipinski definition) is 3. The average molecular weight is 184 g/mol. The molecule has 13 heavy (non-hydrogen) atoms. The first kappa shape index (κ1) is 10.1. The number of nitrogens with two attached hydrogens (primary N) is 1. The van der Waals surface area contributed by atoms with Gasteiger partial charge in [0, 0.05) is 11.8 Å². The van der Waals surface area contributed by atoms with Crippen molar-refractivity contribution in [2.75, 3.05) is 0 Å². The Hall–Kier alpha value is -1.00. The van der Waals surface area contributed by atoms with E-state index in [0.29, 0.717) is 6.42 Å². The second-order valence-electron chi connectivity index (χ2n) is 2.88. The van der Waals surface area contributed by atoms with Crippen LogP contribution in [0, 0.1) is 5.95 Å². The molecule has 0 aliphatic carbocycles. The molecule has 0 saturated carbocycles. The minimum absolute atomic E-state index is 0.261. The monoisotopic (exact) mass is 184 g/mol. The highest BCUT2D eigenvalue weighted by atomic mass is 19.1. The van der Waals surface area contributed by atoms with Crippen LogP contribution in [0.4, 0.5) is 4.39 Å². The summed E-state index contributed by atoms with van der Waals surface area (Å²) in [6, 6.07) is 2.44. The quantitative estimate of drug-likeness (QED) is 0.689. The molecule has 2 atom stereocenters. The summed E-state index contributed by atoms with van der Waals surface area (Å²) in [5.41, 5.74) is 5.88. The minimum atomic E-state index is -0.723. The molecule has 72 valence electrons. The summed E-state index contributed by atoms with van der Waals surface area (Å²) in [5, 5.41) is 9.38. The predicted octanol–water partition coefficient (Wildman–Crippen LogP) is 0.991. The lowest BCUT2D eigenvalue weighted by molar-refractivity contribution is 0.138. The van der Waals surface area contributed by atoms with Crippen LogP contribution in [-0.4, -0.2) is 16.2 Å². The number of aromatic nitrogens is 1. The lowest BCUT2D eigenvalue weighted by atomic mass is 10.0. The van der Waals surface area contributed by atoms with Gasteiger partial charge in [-0.2, -0.15) is 4.39 Å². The molecule has 0 unspecified atom stereocenters. The van der Waals surface area contributed by atoms with Crippen molar-refractivity contribution in [3.05, 3.63) is 29.8 Å². The van der Waals surface area contributed by atoms with Gasteiger partial charge in [-0.3, -0.25) is 0 Å². The van der Waals surface area contributed by atoms with E-state index in [2.05, 4.69) is 4.98 Å². The molecule has 1 aromatic rings. The fourth-order valence-corrected chi connectivity index (χ4v) is 1.11. The van der Waals surface area contributed by atoms with Crippen molar-refractivity contribution in [2.45, 2.75) is 25.5 Å². The molecule has 4 heteroatoms. The first-order chi connectivity index (χ1) is 6.16. The van der Waals surface area contributed by atoms with E-state index in [1.54, 1.807) is 13.0 Å². The van der Waals surface area contributed by atoms with E-state index in [1.807, 2.05) is 0 Å². The number of aliphatic hydroxyl groups is 1. The second-order valence-corrected chi connectivity index (χ2v) is 2.88. The summed E-state index contributed by atoms with van der Waals surface area (Å²) in [4.78, 5) is 3.46. The molecular weight excluding hydrogens is 171 g/mol. The smallest absolute Gasteiger partial charge is 0.217 e. The van der Waals surface area contributed by atoms with Crippen LogP contribution in [0.2, 0.25) is 0 Å². The summed E-state index contributed by atoms with van der Waals surface area (Å²) < 4.78 is 13.0. The Kier molecular flexibility index (Phi) is 3.33. The van der Waals surface area contributed by atoms with E-state index in [9.17, 15) is 9.50 Å². The molecule has 0 aromatic carbocycles. The van der Waals surface area contributed by atoms with E-state index < -0.39 is 18.1 Å². The highest BCUT2D eigenvalue weighted by molar-refractivity contribution is 5.16. The molecule has 3 nitrogen and oxygen atoms in total. The molecule has 0 fully saturated rings. The Labute approximate surface area is 76.4 Å². The molecule has 1 rings (SSSR count). The van der Waals surface area contributed by atoms with Gasteiger partial charge in [0.1, 0.15) is 0 Å². The van der Waals surface area contributed by atoms with Crippen LogP contribution in [-0.2, 0) is 0 Å². The normalized spacial score (nSPS) is 15.4. The van der Waals surface area contributed by atoms with Gasteiger partial charge in [0.15, 0.2) is 0 Å². The molecule has 1 aromatic heterocycles. The Morgan fingerprint density at radius 2 is 2.38 bits per heavy atom. The fraction of sp³-hybridized carbons (Fsp3) is 0.444. The lowest BCUT2D eigenvalue weighted by Gasteiger charge is -2.17. The number of aliphatic hydroxyl groups excluding tert-OH is 1. The van der Waals surface area contributed by atoms with Crippen LogP contribution in [0.5, 0.6) is 0 Å². The van der Waals surface area contributed by atoms with E-state index in [-0.39, 0.29) is 5.56 Å². The van der Waals surface area contributed by atoms with Crippen LogP contribution < -0.4 is 5.73 Å².